The highest BCUT2D eigenvalue weighted by atomic mass is 28.4. The van der Waals surface area contributed by atoms with Gasteiger partial charge in [-0.2, -0.15) is 0 Å². The second-order valence-corrected chi connectivity index (χ2v) is 6.37. The zero-order chi connectivity index (χ0) is 14.6. The summed E-state index contributed by atoms with van der Waals surface area (Å²) in [6, 6.07) is 10.0. The fraction of sp³-hybridized carbons (Fsp3) is 0.467. The van der Waals surface area contributed by atoms with Crippen LogP contribution in [0.1, 0.15) is 26.3 Å². The van der Waals surface area contributed by atoms with E-state index in [1.54, 1.807) is 0 Å². The van der Waals surface area contributed by atoms with Gasteiger partial charge in [0.25, 0.3) is 0 Å². The Kier molecular flexibility index (Phi) is 10.4. The topological polar surface area (TPSA) is 27.7 Å². The molecule has 4 heteroatoms. The maximum atomic E-state index is 5.40. The van der Waals surface area contributed by atoms with E-state index in [4.69, 9.17) is 13.3 Å². The van der Waals surface area contributed by atoms with Crippen LogP contribution in [-0.2, 0) is 13.3 Å². The molecule has 0 unspecified atom stereocenters. The summed E-state index contributed by atoms with van der Waals surface area (Å²) in [4.78, 5) is 0. The van der Waals surface area contributed by atoms with Crippen molar-refractivity contribution in [2.75, 3.05) is 19.8 Å². The Balaban J connectivity index is 0.000000356. The molecule has 0 radical (unpaired) electrons. The average molecular weight is 282 g/mol. The lowest BCUT2D eigenvalue weighted by atomic mass is 10.2. The van der Waals surface area contributed by atoms with Gasteiger partial charge in [-0.15, -0.1) is 0 Å². The fourth-order valence-electron chi connectivity index (χ4n) is 1.50. The smallest absolute Gasteiger partial charge is 0.374 e. The van der Waals surface area contributed by atoms with Crippen molar-refractivity contribution < 1.29 is 13.3 Å². The highest BCUT2D eigenvalue weighted by molar-refractivity contribution is 6.59. The van der Waals surface area contributed by atoms with Crippen molar-refractivity contribution in [2.45, 2.75) is 27.3 Å². The number of hydrogen-bond acceptors (Lipinski definition) is 3. The Morgan fingerprint density at radius 2 is 1.37 bits per heavy atom. The molecule has 0 saturated carbocycles. The van der Waals surface area contributed by atoms with Gasteiger partial charge in [0, 0.05) is 26.4 Å². The highest BCUT2D eigenvalue weighted by Crippen LogP contribution is 2.08. The first-order chi connectivity index (χ1) is 9.11. The van der Waals surface area contributed by atoms with Crippen LogP contribution in [0.4, 0.5) is 0 Å². The van der Waals surface area contributed by atoms with Gasteiger partial charge >= 0.3 is 8.80 Å². The van der Waals surface area contributed by atoms with E-state index < -0.39 is 8.80 Å². The van der Waals surface area contributed by atoms with E-state index in [1.807, 2.05) is 63.7 Å². The summed E-state index contributed by atoms with van der Waals surface area (Å²) < 4.78 is 16.2. The van der Waals surface area contributed by atoms with Crippen LogP contribution in [0.2, 0.25) is 6.55 Å². The van der Waals surface area contributed by atoms with Gasteiger partial charge in [0.05, 0.1) is 0 Å². The summed E-state index contributed by atoms with van der Waals surface area (Å²) in [5.41, 5.74) is 1.17. The molecule has 0 atom stereocenters. The van der Waals surface area contributed by atoms with Gasteiger partial charge in [0.2, 0.25) is 0 Å². The maximum absolute atomic E-state index is 5.40. The van der Waals surface area contributed by atoms with E-state index in [1.165, 1.54) is 5.56 Å². The van der Waals surface area contributed by atoms with Crippen LogP contribution in [0, 0.1) is 0 Å². The Bertz CT molecular complexity index is 310. The minimum atomic E-state index is -2.25. The molecular weight excluding hydrogens is 256 g/mol. The first-order valence-corrected chi connectivity index (χ1v) is 8.93. The molecule has 0 aromatic heterocycles. The van der Waals surface area contributed by atoms with Crippen molar-refractivity contribution in [1.82, 2.24) is 0 Å². The summed E-state index contributed by atoms with van der Waals surface area (Å²) in [6.45, 7) is 13.4. The Morgan fingerprint density at radius 3 is 1.63 bits per heavy atom. The molecule has 3 nitrogen and oxygen atoms in total. The normalized spacial score (nSPS) is 10.5. The molecule has 0 heterocycles. The van der Waals surface area contributed by atoms with Crippen molar-refractivity contribution >= 4 is 14.9 Å². The molecule has 1 aromatic carbocycles. The second-order valence-electron chi connectivity index (χ2n) is 3.78. The third-order valence-corrected chi connectivity index (χ3v) is 4.69. The quantitative estimate of drug-likeness (QED) is 0.708. The van der Waals surface area contributed by atoms with E-state index >= 15 is 0 Å². The van der Waals surface area contributed by atoms with Crippen LogP contribution in [0.5, 0.6) is 0 Å². The monoisotopic (exact) mass is 282 g/mol. The van der Waals surface area contributed by atoms with E-state index in [0.29, 0.717) is 19.8 Å². The Morgan fingerprint density at radius 1 is 0.947 bits per heavy atom. The summed E-state index contributed by atoms with van der Waals surface area (Å²) in [6.07, 6.45) is 1.83. The van der Waals surface area contributed by atoms with Crippen molar-refractivity contribution in [1.29, 1.82) is 0 Å². The molecule has 1 rings (SSSR count). The van der Waals surface area contributed by atoms with Gasteiger partial charge in [-0.25, -0.2) is 0 Å². The molecule has 0 amide bonds. The molecule has 0 aliphatic rings. The lowest BCUT2D eigenvalue weighted by molar-refractivity contribution is 0.0783. The molecule has 0 spiro atoms. The van der Waals surface area contributed by atoms with Crippen LogP contribution >= 0.6 is 0 Å². The predicted molar refractivity (Wildman–Crippen MR) is 83.0 cm³/mol. The first-order valence-electron chi connectivity index (χ1n) is 6.71. The van der Waals surface area contributed by atoms with Crippen LogP contribution < -0.4 is 0 Å². The second kappa shape index (κ2) is 10.9. The highest BCUT2D eigenvalue weighted by Gasteiger charge is 2.32. The van der Waals surface area contributed by atoms with Gasteiger partial charge in [-0.1, -0.05) is 43.0 Å². The van der Waals surface area contributed by atoms with Crippen LogP contribution in [0.15, 0.2) is 36.9 Å². The fourth-order valence-corrected chi connectivity index (χ4v) is 3.32. The van der Waals surface area contributed by atoms with Crippen LogP contribution in [-0.4, -0.2) is 28.6 Å². The molecule has 0 aliphatic heterocycles. The zero-order valence-electron chi connectivity index (χ0n) is 12.5. The number of hydrogen-bond donors (Lipinski definition) is 0. The number of benzene rings is 1. The Hall–Kier alpha value is -0.943. The molecule has 19 heavy (non-hydrogen) atoms. The van der Waals surface area contributed by atoms with Gasteiger partial charge in [-0.05, 0) is 26.3 Å². The summed E-state index contributed by atoms with van der Waals surface area (Å²) >= 11 is 0. The van der Waals surface area contributed by atoms with Crippen molar-refractivity contribution in [3.05, 3.63) is 42.5 Å². The molecule has 0 saturated heterocycles. The van der Waals surface area contributed by atoms with Gasteiger partial charge < -0.3 is 13.3 Å². The molecule has 0 N–H and O–H groups in total. The SMILES string of the molecule is C=Cc1ccccc1.CCO[Si](C)(OCC)OCC. The van der Waals surface area contributed by atoms with E-state index in [2.05, 4.69) is 6.58 Å². The zero-order valence-corrected chi connectivity index (χ0v) is 13.5. The largest absolute Gasteiger partial charge is 0.497 e. The van der Waals surface area contributed by atoms with Crippen LogP contribution in [0.3, 0.4) is 0 Å². The van der Waals surface area contributed by atoms with Crippen LogP contribution in [0.25, 0.3) is 6.08 Å². The third-order valence-electron chi connectivity index (χ3n) is 2.25. The summed E-state index contributed by atoms with van der Waals surface area (Å²) in [5, 5.41) is 0. The minimum absolute atomic E-state index is 0.655. The lowest BCUT2D eigenvalue weighted by Crippen LogP contribution is -2.42. The average Bonchev–Trinajstić information content (AvgIpc) is 2.41. The molecule has 0 bridgehead atoms. The summed E-state index contributed by atoms with van der Waals surface area (Å²) in [7, 11) is -2.25. The minimum Gasteiger partial charge on any atom is -0.374 e. The van der Waals surface area contributed by atoms with E-state index in [-0.39, 0.29) is 0 Å². The lowest BCUT2D eigenvalue weighted by Gasteiger charge is -2.23. The van der Waals surface area contributed by atoms with Crippen molar-refractivity contribution in [3.63, 3.8) is 0 Å². The molecule has 0 fully saturated rings. The number of rotatable bonds is 7. The first kappa shape index (κ1) is 18.1. The van der Waals surface area contributed by atoms with Gasteiger partial charge in [0.1, 0.15) is 0 Å². The third kappa shape index (κ3) is 8.72. The summed E-state index contributed by atoms with van der Waals surface area (Å²) in [5.74, 6) is 0. The molecule has 0 aliphatic carbocycles. The molecule has 108 valence electrons. The predicted octanol–water partition coefficient (Wildman–Crippen LogP) is 3.99. The van der Waals surface area contributed by atoms with Crippen molar-refractivity contribution in [3.8, 4) is 0 Å². The molecule has 1 aromatic rings. The van der Waals surface area contributed by atoms with Gasteiger partial charge in [0.15, 0.2) is 0 Å². The van der Waals surface area contributed by atoms with E-state index in [9.17, 15) is 0 Å². The van der Waals surface area contributed by atoms with E-state index in [0.717, 1.165) is 0 Å². The van der Waals surface area contributed by atoms with Crippen molar-refractivity contribution in [2.24, 2.45) is 0 Å². The maximum Gasteiger partial charge on any atom is 0.497 e. The standard InChI is InChI=1S/C8H8.C7H18O3Si/c1-2-8-6-4-3-5-7-8;1-5-8-11(4,9-6-2)10-7-3/h2-7H,1H2;5-7H2,1-4H3. The van der Waals surface area contributed by atoms with Gasteiger partial charge in [-0.3, -0.25) is 0 Å². The molecular formula is C15H26O3Si. The Labute approximate surface area is 118 Å².